The van der Waals surface area contributed by atoms with Gasteiger partial charge in [0.25, 0.3) is 0 Å². The van der Waals surface area contributed by atoms with Crippen molar-refractivity contribution in [3.63, 3.8) is 0 Å². The summed E-state index contributed by atoms with van der Waals surface area (Å²) in [5, 5.41) is 4.04. The zero-order chi connectivity index (χ0) is 14.5. The fraction of sp³-hybridized carbons (Fsp3) is 0.143. The van der Waals surface area contributed by atoms with Crippen molar-refractivity contribution in [3.8, 4) is 5.75 Å². The van der Waals surface area contributed by atoms with E-state index in [9.17, 15) is 4.79 Å². The normalized spacial score (nSPS) is 11.2. The molecule has 0 unspecified atom stereocenters. The molecule has 0 aliphatic carbocycles. The number of benzene rings is 1. The number of carbonyl (C=O) groups is 1. The van der Waals surface area contributed by atoms with Crippen molar-refractivity contribution in [2.45, 2.75) is 6.92 Å². The largest absolute Gasteiger partial charge is 0.497 e. The van der Waals surface area contributed by atoms with Gasteiger partial charge < -0.3 is 9.15 Å². The van der Waals surface area contributed by atoms with Crippen LogP contribution in [0.5, 0.6) is 5.75 Å². The summed E-state index contributed by atoms with van der Waals surface area (Å²) in [6.07, 6.45) is 0. The number of hydrogen-bond acceptors (Lipinski definition) is 4. The minimum Gasteiger partial charge on any atom is -0.497 e. The van der Waals surface area contributed by atoms with Gasteiger partial charge in [0.2, 0.25) is 0 Å². The number of nitrogens with one attached hydrogen (secondary N) is 1. The SMILES string of the molecule is COc1ccc(/C(C)=N\NC(=O)c2ccc(Br)o2)cc1. The lowest BCUT2D eigenvalue weighted by Gasteiger charge is -2.03. The molecule has 5 nitrogen and oxygen atoms in total. The predicted molar refractivity (Wildman–Crippen MR) is 79.1 cm³/mol. The molecule has 2 rings (SSSR count). The smallest absolute Gasteiger partial charge is 0.307 e. The van der Waals surface area contributed by atoms with E-state index in [0.29, 0.717) is 10.4 Å². The lowest BCUT2D eigenvalue weighted by molar-refractivity contribution is 0.0926. The standard InChI is InChI=1S/C14H13BrN2O3/c1-9(10-3-5-11(19-2)6-4-10)16-17-14(18)12-7-8-13(15)20-12/h3-8H,1-2H3,(H,17,18)/b16-9-. The van der Waals surface area contributed by atoms with Gasteiger partial charge in [0.15, 0.2) is 10.4 Å². The van der Waals surface area contributed by atoms with Gasteiger partial charge in [-0.15, -0.1) is 0 Å². The van der Waals surface area contributed by atoms with Gasteiger partial charge in [-0.3, -0.25) is 4.79 Å². The van der Waals surface area contributed by atoms with Crippen molar-refractivity contribution < 1.29 is 13.9 Å². The van der Waals surface area contributed by atoms with E-state index in [2.05, 4.69) is 26.5 Å². The van der Waals surface area contributed by atoms with Crippen molar-refractivity contribution in [1.29, 1.82) is 0 Å². The lowest BCUT2D eigenvalue weighted by atomic mass is 10.1. The Morgan fingerprint density at radius 3 is 2.50 bits per heavy atom. The Bertz CT molecular complexity index is 632. The molecule has 0 saturated heterocycles. The first-order valence-electron chi connectivity index (χ1n) is 5.84. The second-order valence-electron chi connectivity index (χ2n) is 3.97. The Labute approximate surface area is 124 Å². The Morgan fingerprint density at radius 1 is 1.25 bits per heavy atom. The van der Waals surface area contributed by atoms with Gasteiger partial charge in [-0.05, 0) is 64.8 Å². The fourth-order valence-electron chi connectivity index (χ4n) is 1.52. The average Bonchev–Trinajstić information content (AvgIpc) is 2.91. The van der Waals surface area contributed by atoms with Crippen LogP contribution in [0.25, 0.3) is 0 Å². The molecule has 1 N–H and O–H groups in total. The number of hydrazone groups is 1. The molecule has 0 fully saturated rings. The second-order valence-corrected chi connectivity index (χ2v) is 4.75. The quantitative estimate of drug-likeness (QED) is 0.688. The minimum absolute atomic E-state index is 0.197. The monoisotopic (exact) mass is 336 g/mol. The van der Waals surface area contributed by atoms with Crippen LogP contribution in [-0.2, 0) is 0 Å². The fourth-order valence-corrected chi connectivity index (χ4v) is 1.83. The topological polar surface area (TPSA) is 63.8 Å². The zero-order valence-electron chi connectivity index (χ0n) is 11.0. The Kier molecular flexibility index (Phi) is 4.57. The van der Waals surface area contributed by atoms with Crippen LogP contribution >= 0.6 is 15.9 Å². The maximum atomic E-state index is 11.7. The molecular weight excluding hydrogens is 324 g/mol. The third kappa shape index (κ3) is 3.48. The maximum Gasteiger partial charge on any atom is 0.307 e. The van der Waals surface area contributed by atoms with Crippen LogP contribution in [0, 0.1) is 0 Å². The molecule has 2 aromatic rings. The Balaban J connectivity index is 2.04. The number of halogens is 1. The zero-order valence-corrected chi connectivity index (χ0v) is 12.6. The van der Waals surface area contributed by atoms with Gasteiger partial charge in [-0.25, -0.2) is 5.43 Å². The van der Waals surface area contributed by atoms with Gasteiger partial charge in [0, 0.05) is 0 Å². The van der Waals surface area contributed by atoms with Crippen LogP contribution in [0.1, 0.15) is 23.0 Å². The highest BCUT2D eigenvalue weighted by molar-refractivity contribution is 9.10. The summed E-state index contributed by atoms with van der Waals surface area (Å²) in [6.45, 7) is 1.81. The van der Waals surface area contributed by atoms with Crippen molar-refractivity contribution in [2.75, 3.05) is 7.11 Å². The third-order valence-corrected chi connectivity index (χ3v) is 3.06. The molecule has 0 aliphatic rings. The number of furan rings is 1. The highest BCUT2D eigenvalue weighted by Crippen LogP contribution is 2.14. The van der Waals surface area contributed by atoms with Crippen LogP contribution in [0.15, 0.2) is 50.6 Å². The van der Waals surface area contributed by atoms with E-state index in [1.54, 1.807) is 26.2 Å². The second kappa shape index (κ2) is 6.38. The molecule has 1 aromatic heterocycles. The maximum absolute atomic E-state index is 11.7. The summed E-state index contributed by atoms with van der Waals surface area (Å²) in [7, 11) is 1.61. The summed E-state index contributed by atoms with van der Waals surface area (Å²) < 4.78 is 10.7. The minimum atomic E-state index is -0.399. The molecule has 104 valence electrons. The molecule has 0 aliphatic heterocycles. The molecule has 0 saturated carbocycles. The van der Waals surface area contributed by atoms with Gasteiger partial charge in [0.05, 0.1) is 12.8 Å². The van der Waals surface area contributed by atoms with E-state index in [1.165, 1.54) is 0 Å². The van der Waals surface area contributed by atoms with Crippen LogP contribution < -0.4 is 10.2 Å². The van der Waals surface area contributed by atoms with Crippen molar-refractivity contribution in [3.05, 3.63) is 52.4 Å². The van der Waals surface area contributed by atoms with Crippen molar-refractivity contribution in [1.82, 2.24) is 5.43 Å². The third-order valence-electron chi connectivity index (χ3n) is 2.63. The summed E-state index contributed by atoms with van der Waals surface area (Å²) in [5.41, 5.74) is 4.02. The number of nitrogens with zero attached hydrogens (tertiary/aromatic N) is 1. The predicted octanol–water partition coefficient (Wildman–Crippen LogP) is 3.20. The number of amides is 1. The van der Waals surface area contributed by atoms with E-state index in [1.807, 2.05) is 24.3 Å². The number of ether oxygens (including phenoxy) is 1. The summed E-state index contributed by atoms with van der Waals surface area (Å²) in [6, 6.07) is 10.6. The van der Waals surface area contributed by atoms with Crippen LogP contribution in [0.4, 0.5) is 0 Å². The Hall–Kier alpha value is -2.08. The van der Waals surface area contributed by atoms with Gasteiger partial charge in [-0.2, -0.15) is 5.10 Å². The van der Waals surface area contributed by atoms with Crippen molar-refractivity contribution in [2.24, 2.45) is 5.10 Å². The first-order valence-corrected chi connectivity index (χ1v) is 6.64. The van der Waals surface area contributed by atoms with Crippen LogP contribution in [-0.4, -0.2) is 18.7 Å². The first kappa shape index (κ1) is 14.3. The lowest BCUT2D eigenvalue weighted by Crippen LogP contribution is -2.18. The number of rotatable bonds is 4. The summed E-state index contributed by atoms with van der Waals surface area (Å²) in [5.74, 6) is 0.567. The Morgan fingerprint density at radius 2 is 1.95 bits per heavy atom. The highest BCUT2D eigenvalue weighted by Gasteiger charge is 2.09. The highest BCUT2D eigenvalue weighted by atomic mass is 79.9. The van der Waals surface area contributed by atoms with E-state index < -0.39 is 5.91 Å². The average molecular weight is 337 g/mol. The molecule has 0 radical (unpaired) electrons. The van der Waals surface area contributed by atoms with E-state index in [-0.39, 0.29) is 5.76 Å². The molecule has 0 bridgehead atoms. The molecule has 1 aromatic carbocycles. The molecule has 1 amide bonds. The van der Waals surface area contributed by atoms with Crippen LogP contribution in [0.2, 0.25) is 0 Å². The molecule has 6 heteroatoms. The van der Waals surface area contributed by atoms with E-state index in [4.69, 9.17) is 9.15 Å². The summed E-state index contributed by atoms with van der Waals surface area (Å²) in [4.78, 5) is 11.7. The van der Waals surface area contributed by atoms with E-state index >= 15 is 0 Å². The molecular formula is C14H13BrN2O3. The molecule has 1 heterocycles. The number of hydrogen-bond donors (Lipinski definition) is 1. The van der Waals surface area contributed by atoms with Gasteiger partial charge >= 0.3 is 5.91 Å². The number of methoxy groups -OCH3 is 1. The molecule has 20 heavy (non-hydrogen) atoms. The van der Waals surface area contributed by atoms with Crippen LogP contribution in [0.3, 0.4) is 0 Å². The van der Waals surface area contributed by atoms with Gasteiger partial charge in [-0.1, -0.05) is 0 Å². The number of carbonyl (C=O) groups excluding carboxylic acids is 1. The van der Waals surface area contributed by atoms with Crippen molar-refractivity contribution >= 4 is 27.5 Å². The first-order chi connectivity index (χ1) is 9.60. The summed E-state index contributed by atoms with van der Waals surface area (Å²) >= 11 is 3.14. The van der Waals surface area contributed by atoms with E-state index in [0.717, 1.165) is 11.3 Å². The van der Waals surface area contributed by atoms with Gasteiger partial charge in [0.1, 0.15) is 5.75 Å². The molecule has 0 atom stereocenters. The molecule has 0 spiro atoms.